The van der Waals surface area contributed by atoms with Crippen LogP contribution in [-0.2, 0) is 15.1 Å². The molecule has 1 unspecified atom stereocenters. The molecule has 1 aromatic heterocycles. The SMILES string of the molecule is COc1nc(C)nc(OC(C(=O)O)C(OC)(c2ccccc2)c2ccccc2)n1. The lowest BCUT2D eigenvalue weighted by Crippen LogP contribution is -2.50. The van der Waals surface area contributed by atoms with Crippen LogP contribution in [0.1, 0.15) is 17.0 Å². The molecule has 1 N–H and O–H groups in total. The van der Waals surface area contributed by atoms with Gasteiger partial charge in [-0.15, -0.1) is 4.98 Å². The minimum atomic E-state index is -1.50. The van der Waals surface area contributed by atoms with Gasteiger partial charge >= 0.3 is 18.0 Å². The van der Waals surface area contributed by atoms with Gasteiger partial charge in [-0.2, -0.15) is 9.97 Å². The summed E-state index contributed by atoms with van der Waals surface area (Å²) in [5, 5.41) is 10.1. The summed E-state index contributed by atoms with van der Waals surface area (Å²) in [6, 6.07) is 17.9. The van der Waals surface area contributed by atoms with E-state index in [0.29, 0.717) is 17.0 Å². The number of ether oxygens (including phenoxy) is 3. The summed E-state index contributed by atoms with van der Waals surface area (Å²) in [6.07, 6.45) is -1.50. The first-order chi connectivity index (χ1) is 14.0. The average molecular weight is 395 g/mol. The normalized spacial score (nSPS) is 12.2. The second-order valence-corrected chi connectivity index (χ2v) is 6.16. The minimum absolute atomic E-state index is 0.0269. The number of carboxylic acids is 1. The number of carboxylic acid groups (broad SMARTS) is 1. The van der Waals surface area contributed by atoms with Crippen molar-refractivity contribution in [1.82, 2.24) is 15.0 Å². The van der Waals surface area contributed by atoms with E-state index in [1.807, 2.05) is 12.1 Å². The third kappa shape index (κ3) is 4.02. The molecule has 0 amide bonds. The van der Waals surface area contributed by atoms with E-state index < -0.39 is 17.7 Å². The number of benzene rings is 2. The Morgan fingerprint density at radius 3 is 1.86 bits per heavy atom. The second kappa shape index (κ2) is 8.66. The fourth-order valence-corrected chi connectivity index (χ4v) is 3.17. The molecule has 0 saturated heterocycles. The number of aryl methyl sites for hydroxylation is 1. The van der Waals surface area contributed by atoms with Crippen LogP contribution in [0.25, 0.3) is 0 Å². The van der Waals surface area contributed by atoms with Gasteiger partial charge in [0.1, 0.15) is 5.82 Å². The predicted octanol–water partition coefficient (Wildman–Crippen LogP) is 2.61. The Hall–Kier alpha value is -3.52. The second-order valence-electron chi connectivity index (χ2n) is 6.16. The Balaban J connectivity index is 2.18. The molecule has 2 aromatic carbocycles. The van der Waals surface area contributed by atoms with Crippen LogP contribution in [0.15, 0.2) is 60.7 Å². The summed E-state index contributed by atoms with van der Waals surface area (Å²) < 4.78 is 16.7. The van der Waals surface area contributed by atoms with Crippen molar-refractivity contribution in [2.24, 2.45) is 0 Å². The number of hydrogen-bond donors (Lipinski definition) is 1. The summed E-state index contributed by atoms with van der Waals surface area (Å²) in [5.41, 5.74) is -0.236. The third-order valence-corrected chi connectivity index (χ3v) is 4.43. The van der Waals surface area contributed by atoms with Gasteiger partial charge in [0, 0.05) is 7.11 Å². The molecule has 0 bridgehead atoms. The van der Waals surface area contributed by atoms with Gasteiger partial charge in [-0.05, 0) is 18.1 Å². The molecular formula is C21H21N3O5. The zero-order valence-electron chi connectivity index (χ0n) is 16.3. The molecule has 0 aliphatic rings. The Morgan fingerprint density at radius 1 is 0.897 bits per heavy atom. The maximum Gasteiger partial charge on any atom is 0.348 e. The molecule has 8 nitrogen and oxygen atoms in total. The van der Waals surface area contributed by atoms with Gasteiger partial charge in [-0.3, -0.25) is 0 Å². The van der Waals surface area contributed by atoms with Crippen molar-refractivity contribution in [2.45, 2.75) is 18.6 Å². The van der Waals surface area contributed by atoms with Crippen molar-refractivity contribution in [2.75, 3.05) is 14.2 Å². The average Bonchev–Trinajstić information content (AvgIpc) is 2.75. The highest BCUT2D eigenvalue weighted by Crippen LogP contribution is 2.38. The van der Waals surface area contributed by atoms with E-state index in [0.717, 1.165) is 0 Å². The topological polar surface area (TPSA) is 104 Å². The first-order valence-corrected chi connectivity index (χ1v) is 8.83. The molecule has 1 atom stereocenters. The monoisotopic (exact) mass is 395 g/mol. The van der Waals surface area contributed by atoms with Gasteiger partial charge < -0.3 is 19.3 Å². The van der Waals surface area contributed by atoms with Crippen LogP contribution < -0.4 is 9.47 Å². The summed E-state index contributed by atoms with van der Waals surface area (Å²) in [5.74, 6) is -0.907. The zero-order chi connectivity index (χ0) is 20.9. The van der Waals surface area contributed by atoms with E-state index in [-0.39, 0.29) is 12.0 Å². The highest BCUT2D eigenvalue weighted by molar-refractivity contribution is 5.76. The summed E-state index contributed by atoms with van der Waals surface area (Å²) >= 11 is 0. The molecule has 0 fully saturated rings. The van der Waals surface area contributed by atoms with Crippen molar-refractivity contribution in [3.8, 4) is 12.0 Å². The summed E-state index contributed by atoms with van der Waals surface area (Å²) in [7, 11) is 2.85. The summed E-state index contributed by atoms with van der Waals surface area (Å²) in [6.45, 7) is 1.63. The number of carbonyl (C=O) groups is 1. The Bertz CT molecular complexity index is 927. The Morgan fingerprint density at radius 2 is 1.41 bits per heavy atom. The molecule has 1 heterocycles. The first-order valence-electron chi connectivity index (χ1n) is 8.83. The van der Waals surface area contributed by atoms with Crippen molar-refractivity contribution < 1.29 is 24.1 Å². The van der Waals surface area contributed by atoms with Gasteiger partial charge in [0.2, 0.25) is 6.10 Å². The lowest BCUT2D eigenvalue weighted by atomic mass is 9.81. The van der Waals surface area contributed by atoms with Gasteiger partial charge in [-0.25, -0.2) is 4.79 Å². The van der Waals surface area contributed by atoms with E-state index in [1.54, 1.807) is 55.5 Å². The highest BCUT2D eigenvalue weighted by Gasteiger charge is 2.49. The molecule has 3 rings (SSSR count). The molecule has 0 aliphatic carbocycles. The van der Waals surface area contributed by atoms with E-state index in [1.165, 1.54) is 14.2 Å². The Kier molecular flexibility index (Phi) is 6.04. The minimum Gasteiger partial charge on any atom is -0.478 e. The number of methoxy groups -OCH3 is 2. The largest absolute Gasteiger partial charge is 0.478 e. The van der Waals surface area contributed by atoms with Gasteiger partial charge in [0.05, 0.1) is 7.11 Å². The van der Waals surface area contributed by atoms with Crippen molar-refractivity contribution in [3.63, 3.8) is 0 Å². The fourth-order valence-electron chi connectivity index (χ4n) is 3.17. The third-order valence-electron chi connectivity index (χ3n) is 4.43. The molecular weight excluding hydrogens is 374 g/mol. The Labute approximate surface area is 168 Å². The molecule has 150 valence electrons. The van der Waals surface area contributed by atoms with Crippen LogP contribution in [0, 0.1) is 6.92 Å². The van der Waals surface area contributed by atoms with Crippen LogP contribution in [0.2, 0.25) is 0 Å². The molecule has 3 aromatic rings. The molecule has 0 saturated carbocycles. The number of hydrogen-bond acceptors (Lipinski definition) is 7. The number of aromatic nitrogens is 3. The standard InChI is InChI=1S/C21H21N3O5/c1-14-22-19(27-2)24-20(23-14)29-17(18(25)26)21(28-3,15-10-6-4-7-11-15)16-12-8-5-9-13-16/h4-13,17H,1-3H3,(H,25,26). The van der Waals surface area contributed by atoms with Gasteiger partial charge in [-0.1, -0.05) is 60.7 Å². The molecule has 8 heteroatoms. The van der Waals surface area contributed by atoms with Crippen molar-refractivity contribution in [1.29, 1.82) is 0 Å². The molecule has 0 spiro atoms. The van der Waals surface area contributed by atoms with Crippen LogP contribution in [-0.4, -0.2) is 46.4 Å². The quantitative estimate of drug-likeness (QED) is 0.621. The van der Waals surface area contributed by atoms with Crippen LogP contribution in [0.5, 0.6) is 12.0 Å². The zero-order valence-corrected chi connectivity index (χ0v) is 16.3. The van der Waals surface area contributed by atoms with Gasteiger partial charge in [0.15, 0.2) is 5.60 Å². The smallest absolute Gasteiger partial charge is 0.348 e. The van der Waals surface area contributed by atoms with Gasteiger partial charge in [0.25, 0.3) is 0 Å². The lowest BCUT2D eigenvalue weighted by molar-refractivity contribution is -0.160. The van der Waals surface area contributed by atoms with Crippen molar-refractivity contribution in [3.05, 3.63) is 77.6 Å². The number of nitrogens with zero attached hydrogens (tertiary/aromatic N) is 3. The van der Waals surface area contributed by atoms with E-state index in [9.17, 15) is 9.90 Å². The van der Waals surface area contributed by atoms with Crippen molar-refractivity contribution >= 4 is 5.97 Å². The maximum absolute atomic E-state index is 12.4. The van der Waals surface area contributed by atoms with E-state index >= 15 is 0 Å². The fraction of sp³-hybridized carbons (Fsp3) is 0.238. The molecule has 0 aliphatic heterocycles. The lowest BCUT2D eigenvalue weighted by Gasteiger charge is -2.37. The van der Waals surface area contributed by atoms with E-state index in [2.05, 4.69) is 15.0 Å². The van der Waals surface area contributed by atoms with Crippen LogP contribution >= 0.6 is 0 Å². The number of aliphatic carboxylic acids is 1. The summed E-state index contributed by atoms with van der Waals surface area (Å²) in [4.78, 5) is 24.5. The maximum atomic E-state index is 12.4. The molecule has 0 radical (unpaired) electrons. The predicted molar refractivity (Wildman–Crippen MR) is 104 cm³/mol. The molecule has 29 heavy (non-hydrogen) atoms. The van der Waals surface area contributed by atoms with E-state index in [4.69, 9.17) is 14.2 Å². The van der Waals surface area contributed by atoms with Crippen LogP contribution in [0.4, 0.5) is 0 Å². The number of rotatable bonds is 8. The van der Waals surface area contributed by atoms with Crippen LogP contribution in [0.3, 0.4) is 0 Å². The highest BCUT2D eigenvalue weighted by atomic mass is 16.6. The first kappa shape index (κ1) is 20.2.